The fourth-order valence-electron chi connectivity index (χ4n) is 2.82. The molecule has 6 nitrogen and oxygen atoms in total. The Kier molecular flexibility index (Phi) is 5.12. The number of rotatable bonds is 6. The van der Waals surface area contributed by atoms with Crippen LogP contribution in [0, 0.1) is 4.91 Å². The molecule has 0 N–H and O–H groups in total. The third kappa shape index (κ3) is 3.21. The van der Waals surface area contributed by atoms with Gasteiger partial charge in [0.1, 0.15) is 5.69 Å². The summed E-state index contributed by atoms with van der Waals surface area (Å²) in [5.74, 6) is 1.65. The van der Waals surface area contributed by atoms with Crippen molar-refractivity contribution >= 4 is 28.6 Å². The average Bonchev–Trinajstić information content (AvgIpc) is 2.70. The summed E-state index contributed by atoms with van der Waals surface area (Å²) in [7, 11) is 4.73. The third-order valence-corrected chi connectivity index (χ3v) is 3.99. The lowest BCUT2D eigenvalue weighted by molar-refractivity contribution is 0.327. The Morgan fingerprint density at radius 1 is 0.962 bits per heavy atom. The first-order valence-corrected chi connectivity index (χ1v) is 7.91. The van der Waals surface area contributed by atoms with Crippen LogP contribution in [-0.2, 0) is 0 Å². The van der Waals surface area contributed by atoms with Crippen LogP contribution >= 0.6 is 0 Å². The Bertz CT molecular complexity index is 983. The molecular formula is C20H18N2O4. The van der Waals surface area contributed by atoms with Crippen molar-refractivity contribution < 1.29 is 14.2 Å². The van der Waals surface area contributed by atoms with E-state index in [2.05, 4.69) is 10.2 Å². The highest BCUT2D eigenvalue weighted by Crippen LogP contribution is 2.44. The van der Waals surface area contributed by atoms with Gasteiger partial charge in [0, 0.05) is 6.20 Å². The number of benzene rings is 2. The highest BCUT2D eigenvalue weighted by molar-refractivity contribution is 5.99. The van der Waals surface area contributed by atoms with Crippen LogP contribution in [0.15, 0.2) is 47.8 Å². The summed E-state index contributed by atoms with van der Waals surface area (Å²) in [5.41, 5.74) is 1.94. The summed E-state index contributed by atoms with van der Waals surface area (Å²) in [6.07, 6.45) is 5.45. The van der Waals surface area contributed by atoms with Crippen LogP contribution in [0.5, 0.6) is 17.2 Å². The molecule has 0 aliphatic rings. The smallest absolute Gasteiger partial charge is 0.204 e. The van der Waals surface area contributed by atoms with Crippen LogP contribution in [0.4, 0.5) is 5.69 Å². The molecule has 1 aromatic heterocycles. The highest BCUT2D eigenvalue weighted by Gasteiger charge is 2.18. The van der Waals surface area contributed by atoms with Gasteiger partial charge in [0.05, 0.1) is 32.4 Å². The van der Waals surface area contributed by atoms with Gasteiger partial charge in [-0.05, 0) is 46.5 Å². The zero-order chi connectivity index (χ0) is 18.5. The maximum absolute atomic E-state index is 10.7. The van der Waals surface area contributed by atoms with Crippen molar-refractivity contribution in [3.63, 3.8) is 0 Å². The van der Waals surface area contributed by atoms with E-state index in [1.165, 1.54) is 0 Å². The zero-order valence-corrected chi connectivity index (χ0v) is 14.7. The molecule has 0 aliphatic carbocycles. The molecule has 0 unspecified atom stereocenters. The van der Waals surface area contributed by atoms with Crippen LogP contribution in [0.2, 0.25) is 0 Å². The molecule has 0 atom stereocenters. The number of nitroso groups, excluding NO2 is 1. The minimum atomic E-state index is 0.377. The summed E-state index contributed by atoms with van der Waals surface area (Å²) in [6.45, 7) is 0. The molecule has 0 amide bonds. The van der Waals surface area contributed by atoms with Crippen LogP contribution in [0.25, 0.3) is 22.9 Å². The number of hydrogen-bond donors (Lipinski definition) is 0. The van der Waals surface area contributed by atoms with E-state index in [1.807, 2.05) is 30.4 Å². The minimum absolute atomic E-state index is 0.377. The zero-order valence-electron chi connectivity index (χ0n) is 14.7. The minimum Gasteiger partial charge on any atom is -0.493 e. The fourth-order valence-corrected chi connectivity index (χ4v) is 2.82. The first-order valence-electron chi connectivity index (χ1n) is 7.91. The lowest BCUT2D eigenvalue weighted by Crippen LogP contribution is -1.97. The number of aromatic nitrogens is 1. The van der Waals surface area contributed by atoms with Crippen molar-refractivity contribution in [2.75, 3.05) is 21.3 Å². The Balaban J connectivity index is 2.16. The standard InChI is InChI=1S/C20H18N2O4/c1-24-17-12-14-9-10-21-16(18(14)20(26-3)19(17)25-2)8-7-13-5-4-6-15(11-13)22-23/h4-12H,1-3H3. The van der Waals surface area contributed by atoms with Crippen molar-refractivity contribution in [1.82, 2.24) is 4.98 Å². The third-order valence-electron chi connectivity index (χ3n) is 3.99. The molecule has 0 saturated carbocycles. The van der Waals surface area contributed by atoms with E-state index >= 15 is 0 Å². The summed E-state index contributed by atoms with van der Waals surface area (Å²) in [5, 5.41) is 4.68. The summed E-state index contributed by atoms with van der Waals surface area (Å²) < 4.78 is 16.4. The molecule has 3 rings (SSSR count). The molecule has 0 saturated heterocycles. The average molecular weight is 350 g/mol. The van der Waals surface area contributed by atoms with Gasteiger partial charge in [-0.25, -0.2) is 0 Å². The summed E-state index contributed by atoms with van der Waals surface area (Å²) in [6, 6.07) is 10.8. The number of ether oxygens (including phenoxy) is 3. The van der Waals surface area contributed by atoms with Gasteiger partial charge >= 0.3 is 0 Å². The molecular weight excluding hydrogens is 332 g/mol. The molecule has 0 radical (unpaired) electrons. The largest absolute Gasteiger partial charge is 0.493 e. The van der Waals surface area contributed by atoms with Crippen LogP contribution in [0.1, 0.15) is 11.3 Å². The first-order chi connectivity index (χ1) is 12.7. The second kappa shape index (κ2) is 7.65. The van der Waals surface area contributed by atoms with Gasteiger partial charge in [-0.2, -0.15) is 0 Å². The van der Waals surface area contributed by atoms with E-state index in [4.69, 9.17) is 14.2 Å². The van der Waals surface area contributed by atoms with Crippen LogP contribution < -0.4 is 14.2 Å². The maximum Gasteiger partial charge on any atom is 0.204 e. The lowest BCUT2D eigenvalue weighted by atomic mass is 10.1. The monoisotopic (exact) mass is 350 g/mol. The molecule has 3 aromatic rings. The number of nitrogens with zero attached hydrogens (tertiary/aromatic N) is 2. The Hall–Kier alpha value is -3.41. The van der Waals surface area contributed by atoms with E-state index < -0.39 is 0 Å². The Morgan fingerprint density at radius 2 is 1.77 bits per heavy atom. The van der Waals surface area contributed by atoms with E-state index in [1.54, 1.807) is 45.7 Å². The van der Waals surface area contributed by atoms with E-state index in [0.717, 1.165) is 16.3 Å². The van der Waals surface area contributed by atoms with E-state index in [9.17, 15) is 4.91 Å². The number of pyridine rings is 1. The van der Waals surface area contributed by atoms with Gasteiger partial charge in [-0.1, -0.05) is 18.2 Å². The first kappa shape index (κ1) is 17.4. The normalized spacial score (nSPS) is 10.9. The van der Waals surface area contributed by atoms with Crippen LogP contribution in [0.3, 0.4) is 0 Å². The Labute approximate surface area is 151 Å². The summed E-state index contributed by atoms with van der Waals surface area (Å²) >= 11 is 0. The molecule has 26 heavy (non-hydrogen) atoms. The van der Waals surface area contributed by atoms with E-state index in [-0.39, 0.29) is 0 Å². The van der Waals surface area contributed by atoms with Gasteiger partial charge < -0.3 is 14.2 Å². The van der Waals surface area contributed by atoms with Gasteiger partial charge in [-0.3, -0.25) is 4.98 Å². The molecule has 1 heterocycles. The molecule has 6 heteroatoms. The quantitative estimate of drug-likeness (QED) is 0.596. The summed E-state index contributed by atoms with van der Waals surface area (Å²) in [4.78, 5) is 15.1. The van der Waals surface area contributed by atoms with Crippen molar-refractivity contribution in [2.24, 2.45) is 5.18 Å². The topological polar surface area (TPSA) is 70.0 Å². The number of fused-ring (bicyclic) bond motifs is 1. The molecule has 132 valence electrons. The number of hydrogen-bond acceptors (Lipinski definition) is 6. The SMILES string of the molecule is COc1cc2ccnc(C=Cc3cccc(N=O)c3)c2c(OC)c1OC. The van der Waals surface area contributed by atoms with Gasteiger partial charge in [0.25, 0.3) is 0 Å². The molecule has 0 bridgehead atoms. The molecule has 2 aromatic carbocycles. The highest BCUT2D eigenvalue weighted by atomic mass is 16.5. The van der Waals surface area contributed by atoms with Crippen molar-refractivity contribution in [3.8, 4) is 17.2 Å². The van der Waals surface area contributed by atoms with Crippen molar-refractivity contribution in [3.05, 3.63) is 58.8 Å². The fraction of sp³-hybridized carbons (Fsp3) is 0.150. The van der Waals surface area contributed by atoms with Gasteiger partial charge in [0.2, 0.25) is 5.75 Å². The predicted molar refractivity (Wildman–Crippen MR) is 102 cm³/mol. The second-order valence-electron chi connectivity index (χ2n) is 5.46. The lowest BCUT2D eigenvalue weighted by Gasteiger charge is -2.15. The molecule has 0 spiro atoms. The van der Waals surface area contributed by atoms with Gasteiger partial charge in [-0.15, -0.1) is 4.91 Å². The maximum atomic E-state index is 10.7. The second-order valence-corrected chi connectivity index (χ2v) is 5.46. The molecule has 0 fully saturated rings. The predicted octanol–water partition coefficient (Wildman–Crippen LogP) is 4.83. The van der Waals surface area contributed by atoms with Crippen molar-refractivity contribution in [2.45, 2.75) is 0 Å². The number of methoxy groups -OCH3 is 3. The Morgan fingerprint density at radius 3 is 2.46 bits per heavy atom. The van der Waals surface area contributed by atoms with E-state index in [0.29, 0.717) is 28.6 Å². The van der Waals surface area contributed by atoms with Crippen LogP contribution in [-0.4, -0.2) is 26.3 Å². The van der Waals surface area contributed by atoms with Gasteiger partial charge in [0.15, 0.2) is 11.5 Å². The van der Waals surface area contributed by atoms with Crippen molar-refractivity contribution in [1.29, 1.82) is 0 Å². The molecule has 0 aliphatic heterocycles.